The summed E-state index contributed by atoms with van der Waals surface area (Å²) in [6.45, 7) is 10.2. The highest BCUT2D eigenvalue weighted by molar-refractivity contribution is 6.03. The lowest BCUT2D eigenvalue weighted by molar-refractivity contribution is 0.0782. The summed E-state index contributed by atoms with van der Waals surface area (Å²) in [6.07, 6.45) is 7.16. The SMILES string of the molecule is CC(C)=CCC/C(C)=C/Cc1c([C@@H]2CC(=O)c3c(cc4c(c3O)CCC(C)(C)O4)O2)ccc(O)c1O. The van der Waals surface area contributed by atoms with Crippen LogP contribution >= 0.6 is 0 Å². The molecule has 0 aliphatic carbocycles. The Balaban J connectivity index is 1.66. The van der Waals surface area contributed by atoms with Crippen LogP contribution in [0.2, 0.25) is 0 Å². The fourth-order valence-corrected chi connectivity index (χ4v) is 4.89. The van der Waals surface area contributed by atoms with E-state index in [9.17, 15) is 20.1 Å². The second kappa shape index (κ2) is 9.92. The Morgan fingerprint density at radius 1 is 1.08 bits per heavy atom. The second-order valence-corrected chi connectivity index (χ2v) is 10.7. The number of carbonyl (C=O) groups excluding carboxylic acids is 1. The highest BCUT2D eigenvalue weighted by Crippen LogP contribution is 2.49. The van der Waals surface area contributed by atoms with E-state index < -0.39 is 6.10 Å². The van der Waals surface area contributed by atoms with Crippen molar-refractivity contribution >= 4 is 5.78 Å². The summed E-state index contributed by atoms with van der Waals surface area (Å²) in [6, 6.07) is 4.80. The molecule has 0 saturated carbocycles. The summed E-state index contributed by atoms with van der Waals surface area (Å²) in [5.74, 6) is 0.0931. The van der Waals surface area contributed by atoms with Crippen molar-refractivity contribution in [1.29, 1.82) is 0 Å². The van der Waals surface area contributed by atoms with E-state index in [0.717, 1.165) is 19.3 Å². The zero-order valence-electron chi connectivity index (χ0n) is 21.8. The number of allylic oxidation sites excluding steroid dienone is 4. The molecule has 192 valence electrons. The average Bonchev–Trinajstić information content (AvgIpc) is 2.78. The van der Waals surface area contributed by atoms with Crippen LogP contribution in [0.15, 0.2) is 41.5 Å². The molecule has 2 aliphatic heterocycles. The molecular weight excluding hydrogens is 456 g/mol. The Kier molecular flexibility index (Phi) is 7.07. The molecule has 6 nitrogen and oxygen atoms in total. The number of rotatable bonds is 6. The predicted octanol–water partition coefficient (Wildman–Crippen LogP) is 6.85. The topological polar surface area (TPSA) is 96.2 Å². The summed E-state index contributed by atoms with van der Waals surface area (Å²) < 4.78 is 12.3. The molecule has 1 atom stereocenters. The van der Waals surface area contributed by atoms with E-state index in [-0.39, 0.29) is 46.4 Å². The number of benzene rings is 2. The van der Waals surface area contributed by atoms with E-state index in [1.165, 1.54) is 17.2 Å². The summed E-state index contributed by atoms with van der Waals surface area (Å²) in [5.41, 5.74) is 4.05. The van der Waals surface area contributed by atoms with Crippen LogP contribution in [0.4, 0.5) is 0 Å². The highest BCUT2D eigenvalue weighted by atomic mass is 16.5. The minimum Gasteiger partial charge on any atom is -0.507 e. The van der Waals surface area contributed by atoms with Crippen LogP contribution in [0, 0.1) is 0 Å². The van der Waals surface area contributed by atoms with E-state index in [4.69, 9.17) is 9.47 Å². The Labute approximate surface area is 212 Å². The fraction of sp³-hybridized carbons (Fsp3) is 0.433. The van der Waals surface area contributed by atoms with Crippen LogP contribution in [0.3, 0.4) is 0 Å². The molecule has 0 radical (unpaired) electrons. The van der Waals surface area contributed by atoms with Gasteiger partial charge in [-0.25, -0.2) is 0 Å². The molecule has 4 rings (SSSR count). The molecule has 0 unspecified atom stereocenters. The molecule has 2 aliphatic rings. The molecule has 0 spiro atoms. The first kappa shape index (κ1) is 25.7. The number of phenolic OH excluding ortho intramolecular Hbond substituents is 3. The van der Waals surface area contributed by atoms with Gasteiger partial charge >= 0.3 is 0 Å². The van der Waals surface area contributed by atoms with Crippen LogP contribution in [0.1, 0.15) is 93.5 Å². The molecule has 0 saturated heterocycles. The van der Waals surface area contributed by atoms with Gasteiger partial charge < -0.3 is 24.8 Å². The maximum Gasteiger partial charge on any atom is 0.174 e. The lowest BCUT2D eigenvalue weighted by Crippen LogP contribution is -2.33. The minimum atomic E-state index is -0.667. The van der Waals surface area contributed by atoms with Gasteiger partial charge in [0.15, 0.2) is 17.3 Å². The van der Waals surface area contributed by atoms with Crippen molar-refractivity contribution in [1.82, 2.24) is 0 Å². The van der Waals surface area contributed by atoms with Gasteiger partial charge in [-0.3, -0.25) is 4.79 Å². The number of phenols is 3. The zero-order chi connectivity index (χ0) is 26.2. The van der Waals surface area contributed by atoms with Crippen molar-refractivity contribution in [3.63, 3.8) is 0 Å². The highest BCUT2D eigenvalue weighted by Gasteiger charge is 2.37. The van der Waals surface area contributed by atoms with Crippen molar-refractivity contribution in [3.8, 4) is 28.7 Å². The number of hydrogen-bond acceptors (Lipinski definition) is 6. The standard InChI is InChI=1S/C30H36O6/c1-17(2)7-6-8-18(3)9-10-20-19(11-12-22(31)28(20)33)24-15-23(32)27-26(35-24)16-25-21(29(27)34)13-14-30(4,5)36-25/h7,9,11-12,16,24,31,33-34H,6,8,10,13-15H2,1-5H3/b18-9+/t24-/m0/s1. The van der Waals surface area contributed by atoms with Gasteiger partial charge in [0.1, 0.15) is 34.5 Å². The normalized spacial score (nSPS) is 18.5. The first-order valence-electron chi connectivity index (χ1n) is 12.6. The van der Waals surface area contributed by atoms with Gasteiger partial charge in [0.05, 0.1) is 6.42 Å². The van der Waals surface area contributed by atoms with Crippen molar-refractivity contribution in [2.45, 2.75) is 84.8 Å². The van der Waals surface area contributed by atoms with Gasteiger partial charge in [0.2, 0.25) is 0 Å². The maximum atomic E-state index is 13.2. The molecule has 36 heavy (non-hydrogen) atoms. The summed E-state index contributed by atoms with van der Waals surface area (Å²) in [7, 11) is 0. The van der Waals surface area contributed by atoms with Crippen molar-refractivity contribution in [2.24, 2.45) is 0 Å². The smallest absolute Gasteiger partial charge is 0.174 e. The Hall–Kier alpha value is -3.41. The largest absolute Gasteiger partial charge is 0.507 e. The Morgan fingerprint density at radius 2 is 1.83 bits per heavy atom. The van der Waals surface area contributed by atoms with Gasteiger partial charge in [0.25, 0.3) is 0 Å². The Bertz CT molecular complexity index is 1250. The van der Waals surface area contributed by atoms with E-state index in [0.29, 0.717) is 35.3 Å². The third-order valence-corrected chi connectivity index (χ3v) is 7.00. The van der Waals surface area contributed by atoms with Crippen molar-refractivity contribution in [2.75, 3.05) is 0 Å². The number of aromatic hydroxyl groups is 3. The molecule has 0 fully saturated rings. The number of fused-ring (bicyclic) bond motifs is 2. The summed E-state index contributed by atoms with van der Waals surface area (Å²) in [5, 5.41) is 31.8. The number of ketones is 1. The molecule has 2 heterocycles. The van der Waals surface area contributed by atoms with Gasteiger partial charge in [-0.2, -0.15) is 0 Å². The molecule has 3 N–H and O–H groups in total. The molecule has 2 aromatic rings. The molecule has 0 bridgehead atoms. The van der Waals surface area contributed by atoms with Crippen molar-refractivity contribution < 1.29 is 29.6 Å². The minimum absolute atomic E-state index is 0.0200. The number of hydrogen-bond donors (Lipinski definition) is 3. The van der Waals surface area contributed by atoms with Crippen LogP contribution in [0.25, 0.3) is 0 Å². The first-order chi connectivity index (χ1) is 17.0. The Morgan fingerprint density at radius 3 is 2.56 bits per heavy atom. The van der Waals surface area contributed by atoms with Crippen LogP contribution in [-0.2, 0) is 12.8 Å². The summed E-state index contributed by atoms with van der Waals surface area (Å²) in [4.78, 5) is 13.2. The monoisotopic (exact) mass is 492 g/mol. The quantitative estimate of drug-likeness (QED) is 0.301. The third kappa shape index (κ3) is 5.23. The van der Waals surface area contributed by atoms with E-state index in [1.807, 2.05) is 26.8 Å². The molecule has 2 aromatic carbocycles. The molecule has 6 heteroatoms. The van der Waals surface area contributed by atoms with Gasteiger partial charge in [-0.1, -0.05) is 29.4 Å². The maximum absolute atomic E-state index is 13.2. The average molecular weight is 493 g/mol. The zero-order valence-corrected chi connectivity index (χ0v) is 21.8. The molecule has 0 amide bonds. The number of Topliss-reactive ketones (excluding diaryl/α,β-unsaturated/α-hetero) is 1. The van der Waals surface area contributed by atoms with E-state index in [1.54, 1.807) is 12.1 Å². The van der Waals surface area contributed by atoms with Gasteiger partial charge in [-0.05, 0) is 72.8 Å². The van der Waals surface area contributed by atoms with Crippen molar-refractivity contribution in [3.05, 3.63) is 63.8 Å². The van der Waals surface area contributed by atoms with Crippen LogP contribution in [-0.4, -0.2) is 26.7 Å². The molecular formula is C30H36O6. The fourth-order valence-electron chi connectivity index (χ4n) is 4.89. The lowest BCUT2D eigenvalue weighted by atomic mass is 9.87. The van der Waals surface area contributed by atoms with Gasteiger partial charge in [0, 0.05) is 22.8 Å². The lowest BCUT2D eigenvalue weighted by Gasteiger charge is -2.35. The third-order valence-electron chi connectivity index (χ3n) is 7.00. The number of ether oxygens (including phenoxy) is 2. The number of carbonyl (C=O) groups is 1. The molecule has 0 aromatic heterocycles. The van der Waals surface area contributed by atoms with E-state index in [2.05, 4.69) is 19.9 Å². The van der Waals surface area contributed by atoms with Gasteiger partial charge in [-0.15, -0.1) is 0 Å². The first-order valence-corrected chi connectivity index (χ1v) is 12.6. The summed E-state index contributed by atoms with van der Waals surface area (Å²) >= 11 is 0. The van der Waals surface area contributed by atoms with E-state index >= 15 is 0 Å². The second-order valence-electron chi connectivity index (χ2n) is 10.7. The van der Waals surface area contributed by atoms with Crippen LogP contribution in [0.5, 0.6) is 28.7 Å². The predicted molar refractivity (Wildman–Crippen MR) is 139 cm³/mol. The van der Waals surface area contributed by atoms with Crippen LogP contribution < -0.4 is 9.47 Å².